The van der Waals surface area contributed by atoms with Gasteiger partial charge in [-0.25, -0.2) is 4.79 Å². The highest BCUT2D eigenvalue weighted by atomic mass is 16.4. The van der Waals surface area contributed by atoms with E-state index in [1.165, 1.54) is 19.3 Å². The maximum atomic E-state index is 12.3. The third-order valence-corrected chi connectivity index (χ3v) is 4.82. The zero-order valence-electron chi connectivity index (χ0n) is 13.9. The minimum Gasteiger partial charge on any atom is -0.478 e. The molecule has 0 bridgehead atoms. The number of aromatic carboxylic acids is 1. The zero-order chi connectivity index (χ0) is 16.7. The van der Waals surface area contributed by atoms with E-state index in [9.17, 15) is 9.59 Å². The van der Waals surface area contributed by atoms with Crippen LogP contribution in [0.2, 0.25) is 0 Å². The lowest BCUT2D eigenvalue weighted by Gasteiger charge is -2.27. The summed E-state index contributed by atoms with van der Waals surface area (Å²) in [5, 5.41) is 12.0. The number of hydrogen-bond donors (Lipinski definition) is 2. The van der Waals surface area contributed by atoms with Crippen LogP contribution in [0.1, 0.15) is 67.8 Å². The fraction of sp³-hybridized carbons (Fsp3) is 0.579. The fourth-order valence-electron chi connectivity index (χ4n) is 3.35. The van der Waals surface area contributed by atoms with E-state index in [-0.39, 0.29) is 17.4 Å². The Morgan fingerprint density at radius 3 is 2.61 bits per heavy atom. The second kappa shape index (κ2) is 8.70. The first-order valence-corrected chi connectivity index (χ1v) is 8.70. The van der Waals surface area contributed by atoms with Gasteiger partial charge in [-0.05, 0) is 49.3 Å². The van der Waals surface area contributed by atoms with Crippen LogP contribution in [0.3, 0.4) is 0 Å². The minimum absolute atomic E-state index is 0.111. The van der Waals surface area contributed by atoms with Gasteiger partial charge >= 0.3 is 5.97 Å². The number of unbranched alkanes of at least 4 members (excludes halogenated alkanes) is 1. The van der Waals surface area contributed by atoms with Crippen molar-refractivity contribution in [1.82, 2.24) is 5.32 Å². The van der Waals surface area contributed by atoms with Crippen LogP contribution < -0.4 is 5.32 Å². The maximum absolute atomic E-state index is 12.3. The maximum Gasteiger partial charge on any atom is 0.335 e. The SMILES string of the molecule is CCCCC1CCC(C(=O)NCc2cccc(C(=O)O)c2)CC1. The highest BCUT2D eigenvalue weighted by Crippen LogP contribution is 2.32. The molecule has 0 saturated heterocycles. The molecular formula is C19H27NO3. The van der Waals surface area contributed by atoms with E-state index in [0.717, 1.165) is 37.2 Å². The van der Waals surface area contributed by atoms with Crippen LogP contribution >= 0.6 is 0 Å². The van der Waals surface area contributed by atoms with E-state index in [4.69, 9.17) is 5.11 Å². The van der Waals surface area contributed by atoms with Gasteiger partial charge in [0.15, 0.2) is 0 Å². The highest BCUT2D eigenvalue weighted by molar-refractivity contribution is 5.87. The van der Waals surface area contributed by atoms with Crippen molar-refractivity contribution in [1.29, 1.82) is 0 Å². The molecule has 1 fully saturated rings. The number of rotatable bonds is 7. The molecule has 1 aliphatic carbocycles. The lowest BCUT2D eigenvalue weighted by molar-refractivity contribution is -0.126. The molecule has 0 spiro atoms. The number of nitrogens with one attached hydrogen (secondary N) is 1. The van der Waals surface area contributed by atoms with E-state index < -0.39 is 5.97 Å². The molecule has 1 aromatic rings. The van der Waals surface area contributed by atoms with Gasteiger partial charge in [0.2, 0.25) is 5.91 Å². The Labute approximate surface area is 138 Å². The van der Waals surface area contributed by atoms with Gasteiger partial charge in [0.25, 0.3) is 0 Å². The molecule has 4 heteroatoms. The Kier molecular flexibility index (Phi) is 6.63. The summed E-state index contributed by atoms with van der Waals surface area (Å²) in [6, 6.07) is 6.73. The molecule has 2 N–H and O–H groups in total. The number of carboxylic acids is 1. The molecule has 0 atom stereocenters. The summed E-state index contributed by atoms with van der Waals surface area (Å²) in [5.74, 6) is 0.0880. The second-order valence-electron chi connectivity index (χ2n) is 6.58. The van der Waals surface area contributed by atoms with E-state index in [2.05, 4.69) is 12.2 Å². The number of carbonyl (C=O) groups excluding carboxylic acids is 1. The monoisotopic (exact) mass is 317 g/mol. The zero-order valence-corrected chi connectivity index (χ0v) is 13.9. The van der Waals surface area contributed by atoms with Gasteiger partial charge in [0, 0.05) is 12.5 Å². The van der Waals surface area contributed by atoms with Crippen molar-refractivity contribution < 1.29 is 14.7 Å². The molecule has 126 valence electrons. The molecule has 0 radical (unpaired) electrons. The predicted octanol–water partition coefficient (Wildman–Crippen LogP) is 4.00. The Morgan fingerprint density at radius 1 is 1.22 bits per heavy atom. The number of carbonyl (C=O) groups is 2. The van der Waals surface area contributed by atoms with Gasteiger partial charge in [-0.15, -0.1) is 0 Å². The van der Waals surface area contributed by atoms with Gasteiger partial charge in [-0.3, -0.25) is 4.79 Å². The smallest absolute Gasteiger partial charge is 0.335 e. The Bertz CT molecular complexity index is 533. The van der Waals surface area contributed by atoms with Gasteiger partial charge < -0.3 is 10.4 Å². The lowest BCUT2D eigenvalue weighted by atomic mass is 9.79. The Morgan fingerprint density at radius 2 is 1.96 bits per heavy atom. The normalized spacial score (nSPS) is 20.9. The Balaban J connectivity index is 1.77. The summed E-state index contributed by atoms with van der Waals surface area (Å²) in [7, 11) is 0. The highest BCUT2D eigenvalue weighted by Gasteiger charge is 2.25. The summed E-state index contributed by atoms with van der Waals surface area (Å²) in [5.41, 5.74) is 1.09. The molecule has 1 saturated carbocycles. The van der Waals surface area contributed by atoms with Crippen molar-refractivity contribution in [3.63, 3.8) is 0 Å². The standard InChI is InChI=1S/C19H27NO3/c1-2-3-5-14-8-10-16(11-9-14)18(21)20-13-15-6-4-7-17(12-15)19(22)23/h4,6-7,12,14,16H,2-3,5,8-11,13H2,1H3,(H,20,21)(H,22,23). The second-order valence-corrected chi connectivity index (χ2v) is 6.58. The average molecular weight is 317 g/mol. The van der Waals surface area contributed by atoms with E-state index in [1.807, 2.05) is 6.07 Å². The minimum atomic E-state index is -0.941. The molecule has 2 rings (SSSR count). The van der Waals surface area contributed by atoms with Crippen LogP contribution in [0, 0.1) is 11.8 Å². The third-order valence-electron chi connectivity index (χ3n) is 4.82. The molecule has 0 unspecified atom stereocenters. The van der Waals surface area contributed by atoms with Gasteiger partial charge in [-0.2, -0.15) is 0 Å². The molecular weight excluding hydrogens is 290 g/mol. The summed E-state index contributed by atoms with van der Waals surface area (Å²) in [6.07, 6.45) is 8.12. The molecule has 0 aliphatic heterocycles. The lowest BCUT2D eigenvalue weighted by Crippen LogP contribution is -2.32. The Hall–Kier alpha value is -1.84. The van der Waals surface area contributed by atoms with Crippen molar-refractivity contribution in [2.24, 2.45) is 11.8 Å². The third kappa shape index (κ3) is 5.38. The summed E-state index contributed by atoms with van der Waals surface area (Å²) >= 11 is 0. The quantitative estimate of drug-likeness (QED) is 0.799. The number of carboxylic acid groups (broad SMARTS) is 1. The van der Waals surface area contributed by atoms with Crippen LogP contribution in [0.5, 0.6) is 0 Å². The first-order valence-electron chi connectivity index (χ1n) is 8.70. The molecule has 1 aromatic carbocycles. The van der Waals surface area contributed by atoms with Crippen molar-refractivity contribution in [2.45, 2.75) is 58.4 Å². The first kappa shape index (κ1) is 17.5. The molecule has 0 aromatic heterocycles. The van der Waals surface area contributed by atoms with Crippen molar-refractivity contribution >= 4 is 11.9 Å². The molecule has 4 nitrogen and oxygen atoms in total. The van der Waals surface area contributed by atoms with E-state index in [0.29, 0.717) is 6.54 Å². The summed E-state index contributed by atoms with van der Waals surface area (Å²) in [6.45, 7) is 2.62. The van der Waals surface area contributed by atoms with E-state index in [1.54, 1.807) is 18.2 Å². The predicted molar refractivity (Wildman–Crippen MR) is 90.2 cm³/mol. The van der Waals surface area contributed by atoms with Crippen molar-refractivity contribution in [2.75, 3.05) is 0 Å². The number of benzene rings is 1. The van der Waals surface area contributed by atoms with Crippen molar-refractivity contribution in [3.8, 4) is 0 Å². The van der Waals surface area contributed by atoms with E-state index >= 15 is 0 Å². The first-order chi connectivity index (χ1) is 11.1. The van der Waals surface area contributed by atoms with Crippen LogP contribution in [-0.2, 0) is 11.3 Å². The fourth-order valence-corrected chi connectivity index (χ4v) is 3.35. The number of amides is 1. The summed E-state index contributed by atoms with van der Waals surface area (Å²) in [4.78, 5) is 23.2. The van der Waals surface area contributed by atoms with Gasteiger partial charge in [-0.1, -0.05) is 38.3 Å². The van der Waals surface area contributed by atoms with Crippen molar-refractivity contribution in [3.05, 3.63) is 35.4 Å². The topological polar surface area (TPSA) is 66.4 Å². The van der Waals surface area contributed by atoms with Gasteiger partial charge in [0.1, 0.15) is 0 Å². The molecule has 23 heavy (non-hydrogen) atoms. The molecule has 1 amide bonds. The van der Waals surface area contributed by atoms with Crippen LogP contribution in [-0.4, -0.2) is 17.0 Å². The number of hydrogen-bond acceptors (Lipinski definition) is 2. The average Bonchev–Trinajstić information content (AvgIpc) is 2.58. The van der Waals surface area contributed by atoms with Gasteiger partial charge in [0.05, 0.1) is 5.56 Å². The van der Waals surface area contributed by atoms with Crippen LogP contribution in [0.4, 0.5) is 0 Å². The summed E-state index contributed by atoms with van der Waals surface area (Å²) < 4.78 is 0. The van der Waals surface area contributed by atoms with Crippen LogP contribution in [0.15, 0.2) is 24.3 Å². The molecule has 1 aliphatic rings. The largest absolute Gasteiger partial charge is 0.478 e. The molecule has 0 heterocycles. The van der Waals surface area contributed by atoms with Crippen LogP contribution in [0.25, 0.3) is 0 Å².